The molecule has 0 saturated heterocycles. The molecule has 1 fully saturated rings. The first-order valence-corrected chi connectivity index (χ1v) is 6.68. The van der Waals surface area contributed by atoms with Crippen LogP contribution < -0.4 is 0 Å². The van der Waals surface area contributed by atoms with Crippen LogP contribution in [-0.2, 0) is 15.8 Å². The van der Waals surface area contributed by atoms with Crippen molar-refractivity contribution in [1.29, 1.82) is 0 Å². The Morgan fingerprint density at radius 1 is 1.23 bits per heavy atom. The second-order valence-electron chi connectivity index (χ2n) is 5.00. The number of hydrogen-bond acceptors (Lipinski definition) is 3. The van der Waals surface area contributed by atoms with Gasteiger partial charge in [0.2, 0.25) is 0 Å². The molecule has 0 spiro atoms. The molecule has 1 aromatic carbocycles. The first-order valence-electron chi connectivity index (χ1n) is 6.30. The lowest BCUT2D eigenvalue weighted by Gasteiger charge is -2.13. The van der Waals surface area contributed by atoms with Crippen molar-refractivity contribution in [1.82, 2.24) is 0 Å². The Morgan fingerprint density at radius 3 is 2.23 bits per heavy atom. The average Bonchev–Trinajstić information content (AvgIpc) is 3.20. The van der Waals surface area contributed by atoms with Gasteiger partial charge < -0.3 is 5.11 Å². The molecule has 0 aromatic heterocycles. The topological polar surface area (TPSA) is 71.4 Å². The Morgan fingerprint density at radius 2 is 1.82 bits per heavy atom. The Bertz CT molecular complexity index is 650. The normalized spacial score (nSPS) is 16.2. The molecule has 8 heteroatoms. The third kappa shape index (κ3) is 3.30. The van der Waals surface area contributed by atoms with Crippen LogP contribution in [0.1, 0.15) is 28.8 Å². The molecular formula is C14H10ClF3O4. The zero-order chi connectivity index (χ0) is 16.7. The van der Waals surface area contributed by atoms with Crippen molar-refractivity contribution in [2.24, 2.45) is 11.8 Å². The molecule has 0 aliphatic heterocycles. The second-order valence-corrected chi connectivity index (χ2v) is 5.41. The molecular weight excluding hydrogens is 325 g/mol. The zero-order valence-corrected chi connectivity index (χ0v) is 11.7. The lowest BCUT2D eigenvalue weighted by Crippen LogP contribution is -2.33. The van der Waals surface area contributed by atoms with Crippen molar-refractivity contribution in [3.05, 3.63) is 34.3 Å². The van der Waals surface area contributed by atoms with E-state index in [9.17, 15) is 27.6 Å². The predicted molar refractivity (Wildman–Crippen MR) is 69.6 cm³/mol. The molecule has 22 heavy (non-hydrogen) atoms. The predicted octanol–water partition coefficient (Wildman–Crippen LogP) is 3.22. The summed E-state index contributed by atoms with van der Waals surface area (Å²) in [7, 11) is 0. The lowest BCUT2D eigenvalue weighted by molar-refractivity contribution is -0.144. The third-order valence-corrected chi connectivity index (χ3v) is 3.65. The van der Waals surface area contributed by atoms with Gasteiger partial charge in [0.25, 0.3) is 0 Å². The van der Waals surface area contributed by atoms with E-state index in [0.29, 0.717) is 25.0 Å². The summed E-state index contributed by atoms with van der Waals surface area (Å²) in [6.07, 6.45) is -3.62. The summed E-state index contributed by atoms with van der Waals surface area (Å²) in [5, 5.41) is 8.53. The molecule has 1 saturated carbocycles. The first kappa shape index (κ1) is 16.5. The van der Waals surface area contributed by atoms with Gasteiger partial charge in [-0.15, -0.1) is 0 Å². The van der Waals surface area contributed by atoms with Crippen molar-refractivity contribution in [3.63, 3.8) is 0 Å². The van der Waals surface area contributed by atoms with E-state index >= 15 is 0 Å². The van der Waals surface area contributed by atoms with Crippen LogP contribution in [0.2, 0.25) is 5.02 Å². The summed E-state index contributed by atoms with van der Waals surface area (Å²) in [4.78, 5) is 35.2. The van der Waals surface area contributed by atoms with Gasteiger partial charge in [-0.3, -0.25) is 14.4 Å². The van der Waals surface area contributed by atoms with Crippen LogP contribution in [0, 0.1) is 11.8 Å². The Labute approximate surface area is 127 Å². The van der Waals surface area contributed by atoms with Gasteiger partial charge >= 0.3 is 12.1 Å². The van der Waals surface area contributed by atoms with Gasteiger partial charge in [-0.1, -0.05) is 11.6 Å². The molecule has 4 nitrogen and oxygen atoms in total. The number of carbonyl (C=O) groups is 3. The largest absolute Gasteiger partial charge is 0.480 e. The minimum absolute atomic E-state index is 0.406. The van der Waals surface area contributed by atoms with Crippen molar-refractivity contribution >= 4 is 29.1 Å². The molecule has 0 bridgehead atoms. The van der Waals surface area contributed by atoms with Gasteiger partial charge in [0.15, 0.2) is 17.5 Å². The molecule has 1 aromatic rings. The maximum Gasteiger partial charge on any atom is 0.416 e. The van der Waals surface area contributed by atoms with Crippen LogP contribution >= 0.6 is 11.6 Å². The average molecular weight is 335 g/mol. The van der Waals surface area contributed by atoms with Crippen LogP contribution in [0.25, 0.3) is 0 Å². The summed E-state index contributed by atoms with van der Waals surface area (Å²) in [6.45, 7) is 0. The fourth-order valence-corrected chi connectivity index (χ4v) is 2.29. The minimum atomic E-state index is -4.64. The number of rotatable bonds is 5. The fraction of sp³-hybridized carbons (Fsp3) is 0.357. The highest BCUT2D eigenvalue weighted by atomic mass is 35.5. The van der Waals surface area contributed by atoms with Gasteiger partial charge in [-0.2, -0.15) is 13.2 Å². The van der Waals surface area contributed by atoms with Gasteiger partial charge in [-0.05, 0) is 31.0 Å². The van der Waals surface area contributed by atoms with Gasteiger partial charge in [-0.25, -0.2) is 0 Å². The maximum atomic E-state index is 12.5. The number of halogens is 4. The van der Waals surface area contributed by atoms with Crippen molar-refractivity contribution in [2.75, 3.05) is 0 Å². The van der Waals surface area contributed by atoms with Crippen LogP contribution in [0.5, 0.6) is 0 Å². The van der Waals surface area contributed by atoms with Gasteiger partial charge in [0.05, 0.1) is 10.6 Å². The van der Waals surface area contributed by atoms with Crippen LogP contribution in [0.4, 0.5) is 13.2 Å². The Hall–Kier alpha value is -1.89. The molecule has 1 unspecified atom stereocenters. The molecule has 1 N–H and O–H groups in total. The van der Waals surface area contributed by atoms with Crippen LogP contribution in [0.3, 0.4) is 0 Å². The number of carbonyl (C=O) groups excluding carboxylic acids is 2. The van der Waals surface area contributed by atoms with Crippen LogP contribution in [-0.4, -0.2) is 22.6 Å². The molecule has 1 aliphatic rings. The SMILES string of the molecule is O=C(O)C(C(=O)c1ccc(C(F)(F)F)cc1Cl)C(=O)C1CC1. The van der Waals surface area contributed by atoms with E-state index in [2.05, 4.69) is 0 Å². The summed E-state index contributed by atoms with van der Waals surface area (Å²) in [6, 6.07) is 1.96. The second kappa shape index (κ2) is 5.72. The molecule has 1 atom stereocenters. The number of aliphatic carboxylic acids is 1. The standard InChI is InChI=1S/C14H10ClF3O4/c15-9-5-7(14(16,17)18)3-4-8(9)12(20)10(13(21)22)11(19)6-1-2-6/h3-6,10H,1-2H2,(H,21,22). The van der Waals surface area contributed by atoms with E-state index in [0.717, 1.165) is 6.07 Å². The molecule has 0 radical (unpaired) electrons. The lowest BCUT2D eigenvalue weighted by atomic mass is 9.91. The summed E-state index contributed by atoms with van der Waals surface area (Å²) < 4.78 is 37.6. The van der Waals surface area contributed by atoms with Crippen molar-refractivity contribution < 1.29 is 32.7 Å². The quantitative estimate of drug-likeness (QED) is 0.663. The van der Waals surface area contributed by atoms with Gasteiger partial charge in [0, 0.05) is 11.5 Å². The Kier molecular flexibility index (Phi) is 4.28. The highest BCUT2D eigenvalue weighted by Crippen LogP contribution is 2.35. The monoisotopic (exact) mass is 334 g/mol. The molecule has 1 aliphatic carbocycles. The van der Waals surface area contributed by atoms with E-state index in [1.807, 2.05) is 0 Å². The maximum absolute atomic E-state index is 12.5. The van der Waals surface area contributed by atoms with Crippen molar-refractivity contribution in [2.45, 2.75) is 19.0 Å². The fourth-order valence-electron chi connectivity index (χ4n) is 2.01. The third-order valence-electron chi connectivity index (χ3n) is 3.34. The number of Topliss-reactive ketones (excluding diaryl/α,β-unsaturated/α-hetero) is 2. The first-order chi connectivity index (χ1) is 10.1. The summed E-state index contributed by atoms with van der Waals surface area (Å²) in [5.41, 5.74) is -1.47. The van der Waals surface area contributed by atoms with E-state index in [4.69, 9.17) is 16.7 Å². The molecule has 0 amide bonds. The van der Waals surface area contributed by atoms with E-state index < -0.39 is 51.7 Å². The summed E-state index contributed by atoms with van der Waals surface area (Å²) >= 11 is 5.65. The molecule has 0 heterocycles. The highest BCUT2D eigenvalue weighted by molar-refractivity contribution is 6.36. The number of alkyl halides is 3. The van der Waals surface area contributed by atoms with Gasteiger partial charge in [0.1, 0.15) is 0 Å². The number of carboxylic acids is 1. The number of carboxylic acid groups (broad SMARTS) is 1. The highest BCUT2D eigenvalue weighted by Gasteiger charge is 2.43. The van der Waals surface area contributed by atoms with Crippen molar-refractivity contribution in [3.8, 4) is 0 Å². The van der Waals surface area contributed by atoms with Crippen LogP contribution in [0.15, 0.2) is 18.2 Å². The number of benzene rings is 1. The van der Waals surface area contributed by atoms with E-state index in [1.54, 1.807) is 0 Å². The smallest absolute Gasteiger partial charge is 0.416 e. The number of ketones is 2. The molecule has 118 valence electrons. The zero-order valence-electron chi connectivity index (χ0n) is 11.0. The molecule has 2 rings (SSSR count). The van der Waals surface area contributed by atoms with E-state index in [1.165, 1.54) is 0 Å². The Balaban J connectivity index is 2.35. The minimum Gasteiger partial charge on any atom is -0.480 e. The van der Waals surface area contributed by atoms with E-state index in [-0.39, 0.29) is 0 Å². The summed E-state index contributed by atoms with van der Waals surface area (Å²) in [5.74, 6) is -5.85. The number of hydrogen-bond donors (Lipinski definition) is 1.